The second kappa shape index (κ2) is 9.40. The van der Waals surface area contributed by atoms with Crippen LogP contribution in [0, 0.1) is 11.3 Å². The zero-order valence-electron chi connectivity index (χ0n) is 16.9. The Kier molecular flexibility index (Phi) is 6.44. The minimum atomic E-state index is -0.338. The molecule has 2 aliphatic rings. The number of carbonyl (C=O) groups is 1. The lowest BCUT2D eigenvalue weighted by Gasteiger charge is -2.37. The van der Waals surface area contributed by atoms with Crippen LogP contribution in [0.1, 0.15) is 48.8 Å². The van der Waals surface area contributed by atoms with Gasteiger partial charge in [0, 0.05) is 23.8 Å². The lowest BCUT2D eigenvalue weighted by molar-refractivity contribution is 0.0729. The molecule has 0 unspecified atom stereocenters. The van der Waals surface area contributed by atoms with Crippen molar-refractivity contribution in [3.63, 3.8) is 0 Å². The minimum Gasteiger partial charge on any atom is -0.446 e. The quantitative estimate of drug-likeness (QED) is 0.733. The first-order valence-corrected chi connectivity index (χ1v) is 11.0. The van der Waals surface area contributed by atoms with Gasteiger partial charge in [0.2, 0.25) is 0 Å². The number of fused-ring (bicyclic) bond motifs is 1. The Balaban J connectivity index is 1.50. The second-order valence-corrected chi connectivity index (χ2v) is 8.61. The molecule has 0 radical (unpaired) electrons. The molecular formula is C24H26ClN3O2. The lowest BCUT2D eigenvalue weighted by Crippen LogP contribution is -2.48. The van der Waals surface area contributed by atoms with Crippen LogP contribution in [0.4, 0.5) is 10.5 Å². The smallest absolute Gasteiger partial charge is 0.407 e. The molecular weight excluding hydrogens is 398 g/mol. The summed E-state index contributed by atoms with van der Waals surface area (Å²) in [7, 11) is 0. The third-order valence-electron chi connectivity index (χ3n) is 5.87. The highest BCUT2D eigenvalue weighted by molar-refractivity contribution is 6.30. The molecule has 1 amide bonds. The SMILES string of the molecule is N#Cc1ccc2c(c1)C[C@H](NC(=O)OC1CCCCC1)CN2Cc1cccc(Cl)c1. The highest BCUT2D eigenvalue weighted by Crippen LogP contribution is 2.30. The van der Waals surface area contributed by atoms with Crippen molar-refractivity contribution in [3.05, 3.63) is 64.2 Å². The molecule has 1 aliphatic heterocycles. The van der Waals surface area contributed by atoms with E-state index in [-0.39, 0.29) is 18.2 Å². The molecule has 4 rings (SSSR count). The summed E-state index contributed by atoms with van der Waals surface area (Å²) >= 11 is 6.16. The number of halogens is 1. The van der Waals surface area contributed by atoms with E-state index in [9.17, 15) is 10.1 Å². The number of rotatable bonds is 4. The highest BCUT2D eigenvalue weighted by atomic mass is 35.5. The van der Waals surface area contributed by atoms with E-state index in [4.69, 9.17) is 16.3 Å². The molecule has 1 fully saturated rings. The molecule has 5 nitrogen and oxygen atoms in total. The number of ether oxygens (including phenoxy) is 1. The molecule has 0 saturated heterocycles. The highest BCUT2D eigenvalue weighted by Gasteiger charge is 2.27. The molecule has 1 aliphatic carbocycles. The van der Waals surface area contributed by atoms with Gasteiger partial charge < -0.3 is 15.0 Å². The molecule has 1 saturated carbocycles. The fourth-order valence-electron chi connectivity index (χ4n) is 4.46. The second-order valence-electron chi connectivity index (χ2n) is 8.18. The van der Waals surface area contributed by atoms with Crippen LogP contribution in [-0.4, -0.2) is 24.8 Å². The predicted molar refractivity (Wildman–Crippen MR) is 118 cm³/mol. The Labute approximate surface area is 182 Å². The Morgan fingerprint density at radius 2 is 2.03 bits per heavy atom. The topological polar surface area (TPSA) is 65.4 Å². The van der Waals surface area contributed by atoms with Crippen LogP contribution in [0.5, 0.6) is 0 Å². The first-order valence-electron chi connectivity index (χ1n) is 10.6. The van der Waals surface area contributed by atoms with Crippen molar-refractivity contribution in [3.8, 4) is 6.07 Å². The minimum absolute atomic E-state index is 0.0300. The van der Waals surface area contributed by atoms with Crippen molar-refractivity contribution in [2.75, 3.05) is 11.4 Å². The predicted octanol–water partition coefficient (Wildman–Crippen LogP) is 5.20. The summed E-state index contributed by atoms with van der Waals surface area (Å²) in [4.78, 5) is 14.7. The van der Waals surface area contributed by atoms with E-state index in [0.29, 0.717) is 30.1 Å². The van der Waals surface area contributed by atoms with Crippen molar-refractivity contribution >= 4 is 23.4 Å². The fraction of sp³-hybridized carbons (Fsp3) is 0.417. The van der Waals surface area contributed by atoms with E-state index in [1.54, 1.807) is 0 Å². The zero-order valence-corrected chi connectivity index (χ0v) is 17.7. The number of hydrogen-bond donors (Lipinski definition) is 1. The van der Waals surface area contributed by atoms with Crippen molar-refractivity contribution in [1.29, 1.82) is 5.26 Å². The van der Waals surface area contributed by atoms with Crippen molar-refractivity contribution < 1.29 is 9.53 Å². The van der Waals surface area contributed by atoms with E-state index in [1.165, 1.54) is 6.42 Å². The van der Waals surface area contributed by atoms with E-state index >= 15 is 0 Å². The van der Waals surface area contributed by atoms with Gasteiger partial charge in [-0.05, 0) is 73.6 Å². The Hall–Kier alpha value is -2.71. The Morgan fingerprint density at radius 1 is 1.20 bits per heavy atom. The number of nitrogens with zero attached hydrogens (tertiary/aromatic N) is 2. The average Bonchev–Trinajstić information content (AvgIpc) is 2.74. The van der Waals surface area contributed by atoms with Gasteiger partial charge in [-0.15, -0.1) is 0 Å². The zero-order chi connectivity index (χ0) is 20.9. The van der Waals surface area contributed by atoms with Gasteiger partial charge in [-0.1, -0.05) is 30.2 Å². The maximum atomic E-state index is 12.5. The van der Waals surface area contributed by atoms with E-state index < -0.39 is 0 Å². The summed E-state index contributed by atoms with van der Waals surface area (Å²) < 4.78 is 5.66. The first-order chi connectivity index (χ1) is 14.6. The van der Waals surface area contributed by atoms with Gasteiger partial charge in [0.05, 0.1) is 17.7 Å². The van der Waals surface area contributed by atoms with Crippen molar-refractivity contribution in [1.82, 2.24) is 5.32 Å². The first kappa shape index (κ1) is 20.6. The maximum Gasteiger partial charge on any atom is 0.407 e. The fourth-order valence-corrected chi connectivity index (χ4v) is 4.67. The molecule has 0 aromatic heterocycles. The summed E-state index contributed by atoms with van der Waals surface area (Å²) in [5.74, 6) is 0. The number of amides is 1. The number of nitriles is 1. The van der Waals surface area contributed by atoms with Crippen LogP contribution < -0.4 is 10.2 Å². The number of anilines is 1. The number of alkyl carbamates (subject to hydrolysis) is 1. The van der Waals surface area contributed by atoms with E-state index in [2.05, 4.69) is 16.3 Å². The largest absolute Gasteiger partial charge is 0.446 e. The molecule has 1 N–H and O–H groups in total. The van der Waals surface area contributed by atoms with Gasteiger partial charge in [-0.2, -0.15) is 5.26 Å². The summed E-state index contributed by atoms with van der Waals surface area (Å²) in [6.45, 7) is 1.35. The van der Waals surface area contributed by atoms with Crippen LogP contribution in [0.15, 0.2) is 42.5 Å². The van der Waals surface area contributed by atoms with Gasteiger partial charge in [0.15, 0.2) is 0 Å². The molecule has 1 atom stereocenters. The molecule has 2 aromatic carbocycles. The van der Waals surface area contributed by atoms with Crippen LogP contribution in [0.25, 0.3) is 0 Å². The summed E-state index contributed by atoms with van der Waals surface area (Å²) in [6.07, 6.45) is 5.74. The third-order valence-corrected chi connectivity index (χ3v) is 6.10. The average molecular weight is 424 g/mol. The summed E-state index contributed by atoms with van der Waals surface area (Å²) in [5.41, 5.74) is 3.88. The monoisotopic (exact) mass is 423 g/mol. The van der Waals surface area contributed by atoms with Crippen LogP contribution in [0.2, 0.25) is 5.02 Å². The normalized spacial score (nSPS) is 18.9. The number of benzene rings is 2. The van der Waals surface area contributed by atoms with Crippen molar-refractivity contribution in [2.24, 2.45) is 0 Å². The van der Waals surface area contributed by atoms with Gasteiger partial charge in [0.25, 0.3) is 0 Å². The molecule has 156 valence electrons. The summed E-state index contributed by atoms with van der Waals surface area (Å²) in [6, 6.07) is 15.7. The molecule has 30 heavy (non-hydrogen) atoms. The van der Waals surface area contributed by atoms with Gasteiger partial charge in [-0.3, -0.25) is 0 Å². The Bertz CT molecular complexity index is 950. The maximum absolute atomic E-state index is 12.5. The Morgan fingerprint density at radius 3 is 2.80 bits per heavy atom. The van der Waals surface area contributed by atoms with Crippen LogP contribution >= 0.6 is 11.6 Å². The number of carbonyl (C=O) groups excluding carboxylic acids is 1. The number of hydrogen-bond acceptors (Lipinski definition) is 4. The van der Waals surface area contributed by atoms with Gasteiger partial charge >= 0.3 is 6.09 Å². The van der Waals surface area contributed by atoms with Gasteiger partial charge in [0.1, 0.15) is 6.10 Å². The van der Waals surface area contributed by atoms with Crippen LogP contribution in [0.3, 0.4) is 0 Å². The summed E-state index contributed by atoms with van der Waals surface area (Å²) in [5, 5.41) is 13.1. The van der Waals surface area contributed by atoms with E-state index in [0.717, 1.165) is 42.5 Å². The third kappa shape index (κ3) is 5.06. The molecule has 1 heterocycles. The standard InChI is InChI=1S/C24H26ClN3O2/c25-20-6-4-5-18(12-20)15-28-16-21(13-19-11-17(14-26)9-10-23(19)28)27-24(29)30-22-7-2-1-3-8-22/h4-6,9-12,21-22H,1-3,7-8,13,15-16H2,(H,27,29)/t21-/m0/s1. The van der Waals surface area contributed by atoms with Crippen molar-refractivity contribution in [2.45, 2.75) is 57.2 Å². The van der Waals surface area contributed by atoms with Crippen LogP contribution in [-0.2, 0) is 17.7 Å². The molecule has 2 aromatic rings. The van der Waals surface area contributed by atoms with E-state index in [1.807, 2.05) is 42.5 Å². The lowest BCUT2D eigenvalue weighted by atomic mass is 9.95. The molecule has 0 bridgehead atoms. The van der Waals surface area contributed by atoms with Gasteiger partial charge in [-0.25, -0.2) is 4.79 Å². The number of nitrogens with one attached hydrogen (secondary N) is 1. The molecule has 0 spiro atoms. The molecule has 6 heteroatoms.